The maximum Gasteiger partial charge on any atom is 0.264 e. The zero-order valence-electron chi connectivity index (χ0n) is 14.2. The Hall–Kier alpha value is -2.35. The van der Waals surface area contributed by atoms with Crippen molar-refractivity contribution < 1.29 is 19.4 Å². The molecule has 6 nitrogen and oxygen atoms in total. The molecule has 2 aromatic rings. The van der Waals surface area contributed by atoms with Gasteiger partial charge in [-0.3, -0.25) is 4.79 Å². The van der Waals surface area contributed by atoms with Crippen molar-refractivity contribution in [1.29, 1.82) is 0 Å². The minimum absolute atomic E-state index is 0.127. The van der Waals surface area contributed by atoms with Gasteiger partial charge in [0, 0.05) is 5.02 Å². The number of carbonyl (C=O) groups is 1. The lowest BCUT2D eigenvalue weighted by molar-refractivity contribution is -0.115. The summed E-state index contributed by atoms with van der Waals surface area (Å²) in [6.07, 6.45) is 1.63. The van der Waals surface area contributed by atoms with Crippen LogP contribution in [0, 0.1) is 0 Å². The monoisotopic (exact) mass is 424 g/mol. The lowest BCUT2D eigenvalue weighted by atomic mass is 10.2. The van der Waals surface area contributed by atoms with Crippen LogP contribution in [0.3, 0.4) is 0 Å². The zero-order valence-corrected chi connectivity index (χ0v) is 16.6. The van der Waals surface area contributed by atoms with Gasteiger partial charge in [-0.05, 0) is 53.7 Å². The molecule has 2 N–H and O–H groups in total. The number of ether oxygens (including phenoxy) is 2. The Labute approximate surface area is 169 Å². The molecule has 1 aliphatic rings. The first-order chi connectivity index (χ1) is 12.9. The van der Waals surface area contributed by atoms with Crippen molar-refractivity contribution in [3.8, 4) is 17.2 Å². The Balaban J connectivity index is 1.91. The highest BCUT2D eigenvalue weighted by atomic mass is 35.5. The minimum Gasteiger partial charge on any atom is -0.503 e. The van der Waals surface area contributed by atoms with E-state index in [4.69, 9.17) is 32.7 Å². The molecule has 0 unspecified atom stereocenters. The van der Waals surface area contributed by atoms with Crippen molar-refractivity contribution in [2.75, 3.05) is 14.2 Å². The van der Waals surface area contributed by atoms with Crippen LogP contribution in [0.1, 0.15) is 5.56 Å². The summed E-state index contributed by atoms with van der Waals surface area (Å²) in [5.74, 6) is 0.299. The minimum atomic E-state index is -0.303. The van der Waals surface area contributed by atoms with Crippen LogP contribution in [0.5, 0.6) is 17.2 Å². The molecule has 140 valence electrons. The number of phenolic OH excluding ortho intramolecular Hbond substituents is 1. The van der Waals surface area contributed by atoms with Gasteiger partial charge in [-0.15, -0.1) is 0 Å². The molecule has 1 heterocycles. The van der Waals surface area contributed by atoms with Crippen LogP contribution in [-0.4, -0.2) is 30.4 Å². The number of benzene rings is 2. The van der Waals surface area contributed by atoms with E-state index in [-0.39, 0.29) is 22.4 Å². The smallest absolute Gasteiger partial charge is 0.264 e. The van der Waals surface area contributed by atoms with Crippen LogP contribution < -0.4 is 14.8 Å². The molecule has 1 saturated heterocycles. The fourth-order valence-electron chi connectivity index (χ4n) is 2.32. The van der Waals surface area contributed by atoms with Crippen LogP contribution >= 0.6 is 35.0 Å². The van der Waals surface area contributed by atoms with Gasteiger partial charge in [-0.1, -0.05) is 23.2 Å². The summed E-state index contributed by atoms with van der Waals surface area (Å²) in [5.41, 5.74) is 1.11. The number of hydrogen-bond acceptors (Lipinski definition) is 6. The van der Waals surface area contributed by atoms with Gasteiger partial charge in [-0.25, -0.2) is 4.99 Å². The van der Waals surface area contributed by atoms with Crippen LogP contribution in [0.15, 0.2) is 40.2 Å². The molecule has 0 bridgehead atoms. The van der Waals surface area contributed by atoms with Gasteiger partial charge >= 0.3 is 0 Å². The number of aromatic hydroxyl groups is 1. The normalized spacial score (nSPS) is 16.7. The van der Waals surface area contributed by atoms with Crippen molar-refractivity contribution in [2.24, 2.45) is 4.99 Å². The third-order valence-corrected chi connectivity index (χ3v) is 5.02. The summed E-state index contributed by atoms with van der Waals surface area (Å²) in [6.45, 7) is 0. The summed E-state index contributed by atoms with van der Waals surface area (Å²) >= 11 is 13.2. The van der Waals surface area contributed by atoms with E-state index in [1.165, 1.54) is 20.3 Å². The van der Waals surface area contributed by atoms with Crippen LogP contribution in [0.2, 0.25) is 10.0 Å². The molecule has 1 amide bonds. The van der Waals surface area contributed by atoms with Gasteiger partial charge < -0.3 is 19.9 Å². The van der Waals surface area contributed by atoms with Crippen molar-refractivity contribution in [2.45, 2.75) is 0 Å². The largest absolute Gasteiger partial charge is 0.503 e. The number of amidine groups is 1. The van der Waals surface area contributed by atoms with E-state index in [1.54, 1.807) is 30.3 Å². The standard InChI is InChI=1S/C18H14Cl2N2O4S/c1-25-13-4-3-10(19)8-12(13)21-18-22-17(24)15(27-18)7-9-5-11(20)16(23)14(6-9)26-2/h3-8,23H,1-2H3,(H,21,22,24)/b15-7-. The summed E-state index contributed by atoms with van der Waals surface area (Å²) < 4.78 is 10.3. The number of rotatable bonds is 4. The third kappa shape index (κ3) is 4.32. The lowest BCUT2D eigenvalue weighted by Crippen LogP contribution is -2.19. The van der Waals surface area contributed by atoms with Gasteiger partial charge in [0.05, 0.1) is 24.1 Å². The molecule has 9 heteroatoms. The van der Waals surface area contributed by atoms with E-state index in [9.17, 15) is 9.90 Å². The molecule has 3 rings (SSSR count). The van der Waals surface area contributed by atoms with Crippen LogP contribution in [0.25, 0.3) is 6.08 Å². The predicted octanol–water partition coefficient (Wildman–Crippen LogP) is 4.61. The molecule has 0 saturated carbocycles. The van der Waals surface area contributed by atoms with Crippen molar-refractivity contribution >= 4 is 57.8 Å². The fourth-order valence-corrected chi connectivity index (χ4v) is 3.54. The molecular formula is C18H14Cl2N2O4S. The maximum atomic E-state index is 12.3. The molecule has 27 heavy (non-hydrogen) atoms. The van der Waals surface area contributed by atoms with E-state index >= 15 is 0 Å². The molecule has 0 aliphatic carbocycles. The van der Waals surface area contributed by atoms with Crippen molar-refractivity contribution in [1.82, 2.24) is 5.32 Å². The molecule has 1 aliphatic heterocycles. The predicted molar refractivity (Wildman–Crippen MR) is 108 cm³/mol. The molecular weight excluding hydrogens is 411 g/mol. The number of aliphatic imine (C=N–C) groups is 1. The molecule has 1 fully saturated rings. The van der Waals surface area contributed by atoms with E-state index < -0.39 is 0 Å². The number of amides is 1. The van der Waals surface area contributed by atoms with Gasteiger partial charge in [0.2, 0.25) is 0 Å². The highest BCUT2D eigenvalue weighted by molar-refractivity contribution is 8.18. The molecule has 0 radical (unpaired) electrons. The second-order valence-electron chi connectivity index (χ2n) is 5.35. The second-order valence-corrected chi connectivity index (χ2v) is 7.23. The Morgan fingerprint density at radius 2 is 1.89 bits per heavy atom. The maximum absolute atomic E-state index is 12.3. The second kappa shape index (κ2) is 8.12. The lowest BCUT2D eigenvalue weighted by Gasteiger charge is -2.06. The molecule has 0 spiro atoms. The Bertz CT molecular complexity index is 976. The zero-order chi connectivity index (χ0) is 19.6. The van der Waals surface area contributed by atoms with Gasteiger partial charge in [-0.2, -0.15) is 0 Å². The number of carbonyl (C=O) groups excluding carboxylic acids is 1. The highest BCUT2D eigenvalue weighted by Crippen LogP contribution is 2.37. The number of methoxy groups -OCH3 is 2. The van der Waals surface area contributed by atoms with E-state index in [2.05, 4.69) is 10.3 Å². The Kier molecular flexibility index (Phi) is 5.84. The number of phenols is 1. The number of hydrogen-bond donors (Lipinski definition) is 2. The topological polar surface area (TPSA) is 80.2 Å². The Morgan fingerprint density at radius 3 is 2.59 bits per heavy atom. The van der Waals surface area contributed by atoms with Crippen LogP contribution in [0.4, 0.5) is 5.69 Å². The first kappa shape index (κ1) is 19.4. The highest BCUT2D eigenvalue weighted by Gasteiger charge is 2.24. The molecule has 2 aromatic carbocycles. The average Bonchev–Trinajstić information content (AvgIpc) is 2.97. The summed E-state index contributed by atoms with van der Waals surface area (Å²) in [7, 11) is 2.95. The van der Waals surface area contributed by atoms with E-state index in [0.717, 1.165) is 11.8 Å². The number of thioether (sulfide) groups is 1. The van der Waals surface area contributed by atoms with Crippen molar-refractivity contribution in [3.63, 3.8) is 0 Å². The van der Waals surface area contributed by atoms with Crippen LogP contribution in [-0.2, 0) is 4.79 Å². The third-order valence-electron chi connectivity index (χ3n) is 3.58. The fraction of sp³-hybridized carbons (Fsp3) is 0.111. The number of nitrogens with one attached hydrogen (secondary N) is 1. The first-order valence-corrected chi connectivity index (χ1v) is 9.18. The van der Waals surface area contributed by atoms with Gasteiger partial charge in [0.15, 0.2) is 16.7 Å². The molecule has 0 atom stereocenters. The quantitative estimate of drug-likeness (QED) is 0.700. The Morgan fingerprint density at radius 1 is 1.15 bits per heavy atom. The molecule has 0 aromatic heterocycles. The van der Waals surface area contributed by atoms with Gasteiger partial charge in [0.25, 0.3) is 5.91 Å². The SMILES string of the molecule is COc1ccc(Cl)cc1N=C1NC(=O)/C(=C/c2cc(Cl)c(O)c(OC)c2)S1. The van der Waals surface area contributed by atoms with Crippen molar-refractivity contribution in [3.05, 3.63) is 50.8 Å². The van der Waals surface area contributed by atoms with E-state index in [1.807, 2.05) is 0 Å². The first-order valence-electron chi connectivity index (χ1n) is 7.61. The number of nitrogens with zero attached hydrogens (tertiary/aromatic N) is 1. The summed E-state index contributed by atoms with van der Waals surface area (Å²) in [6, 6.07) is 8.15. The van der Waals surface area contributed by atoms with Gasteiger partial charge in [0.1, 0.15) is 11.4 Å². The number of halogens is 2. The summed E-state index contributed by atoms with van der Waals surface area (Å²) in [4.78, 5) is 17.1. The average molecular weight is 425 g/mol. The van der Waals surface area contributed by atoms with E-state index in [0.29, 0.717) is 32.1 Å². The summed E-state index contributed by atoms with van der Waals surface area (Å²) in [5, 5.41) is 13.5.